The molecule has 0 aromatic heterocycles. The van der Waals surface area contributed by atoms with Crippen molar-refractivity contribution in [2.45, 2.75) is 32.7 Å². The van der Waals surface area contributed by atoms with E-state index >= 15 is 0 Å². The number of carboxylic acid groups (broad SMARTS) is 1. The van der Waals surface area contributed by atoms with E-state index in [0.717, 1.165) is 10.6 Å². The zero-order chi connectivity index (χ0) is 19.5. The van der Waals surface area contributed by atoms with Crippen LogP contribution in [0.2, 0.25) is 0 Å². The number of nitrogens with zero attached hydrogens (tertiary/aromatic N) is 1. The summed E-state index contributed by atoms with van der Waals surface area (Å²) in [5.41, 5.74) is 3.73. The molecule has 0 amide bonds. The molecule has 1 unspecified atom stereocenters. The summed E-state index contributed by atoms with van der Waals surface area (Å²) in [4.78, 5) is 14.6. The molecule has 0 bridgehead atoms. The summed E-state index contributed by atoms with van der Waals surface area (Å²) in [7, 11) is 4.57. The number of aryl methyl sites for hydroxylation is 1. The summed E-state index contributed by atoms with van der Waals surface area (Å²) in [6.07, 6.45) is 0. The summed E-state index contributed by atoms with van der Waals surface area (Å²) in [5.74, 6) is 0.0380. The van der Waals surface area contributed by atoms with Crippen LogP contribution in [0, 0.1) is 6.92 Å². The van der Waals surface area contributed by atoms with Crippen LogP contribution in [-0.2, 0) is 22.1 Å². The molecule has 1 aliphatic rings. The van der Waals surface area contributed by atoms with Gasteiger partial charge in [-0.25, -0.2) is 0 Å². The van der Waals surface area contributed by atoms with E-state index in [0.29, 0.717) is 11.7 Å². The Morgan fingerprint density at radius 3 is 2.19 bits per heavy atom. The van der Waals surface area contributed by atoms with Crippen LogP contribution in [0.1, 0.15) is 36.5 Å². The summed E-state index contributed by atoms with van der Waals surface area (Å²) in [5, 5.41) is 11.3. The second-order valence-corrected chi connectivity index (χ2v) is 7.02. The van der Waals surface area contributed by atoms with Crippen LogP contribution >= 0.6 is 21.5 Å². The average molecular weight is 477 g/mol. The van der Waals surface area contributed by atoms with Gasteiger partial charge < -0.3 is 9.90 Å². The van der Waals surface area contributed by atoms with Crippen molar-refractivity contribution in [3.05, 3.63) is 71.3 Å². The van der Waals surface area contributed by atoms with E-state index < -0.39 is 12.0 Å². The summed E-state index contributed by atoms with van der Waals surface area (Å²) in [6.45, 7) is 6.54. The van der Waals surface area contributed by atoms with Gasteiger partial charge in [0.15, 0.2) is 0 Å². The third-order valence-corrected chi connectivity index (χ3v) is 4.78. The number of carbonyl (C=O) groups is 1. The molecule has 0 aliphatic carbocycles. The maximum absolute atomic E-state index is 10.5. The topological polar surface area (TPSA) is 52.5 Å². The summed E-state index contributed by atoms with van der Waals surface area (Å²) >= 11 is 3.28. The first-order valence-electron chi connectivity index (χ1n) is 8.14. The van der Waals surface area contributed by atoms with Gasteiger partial charge in [-0.2, -0.15) is 0 Å². The molecule has 0 saturated carbocycles. The van der Waals surface area contributed by atoms with E-state index in [2.05, 4.69) is 59.7 Å². The minimum absolute atomic E-state index is 0.479. The van der Waals surface area contributed by atoms with E-state index in [9.17, 15) is 9.90 Å². The Labute approximate surface area is 174 Å². The van der Waals surface area contributed by atoms with Crippen LogP contribution in [0.5, 0.6) is 0 Å². The van der Waals surface area contributed by atoms with Gasteiger partial charge in [0, 0.05) is 11.3 Å². The predicted molar refractivity (Wildman–Crippen MR) is 105 cm³/mol. The second kappa shape index (κ2) is 12.3. The molecule has 1 aliphatic heterocycles. The van der Waals surface area contributed by atoms with Crippen LogP contribution < -0.4 is 5.11 Å². The van der Waals surface area contributed by atoms with E-state index in [-0.39, 0.29) is 0 Å². The Hall–Kier alpha value is -1.16. The van der Waals surface area contributed by atoms with Crippen molar-refractivity contribution in [1.82, 2.24) is 0 Å². The fourth-order valence-electron chi connectivity index (χ4n) is 2.18. The molecule has 0 radical (unpaired) electrons. The Balaban J connectivity index is 0.000000249. The van der Waals surface area contributed by atoms with Crippen molar-refractivity contribution in [2.75, 3.05) is 5.75 Å². The van der Waals surface area contributed by atoms with Crippen LogP contribution in [0.15, 0.2) is 59.6 Å². The van der Waals surface area contributed by atoms with Crippen molar-refractivity contribution in [2.24, 2.45) is 4.99 Å². The van der Waals surface area contributed by atoms with Gasteiger partial charge in [-0.05, 0) is 18.4 Å². The first-order chi connectivity index (χ1) is 12.5. The Kier molecular flexibility index (Phi) is 10.8. The van der Waals surface area contributed by atoms with Gasteiger partial charge in [0.25, 0.3) is 0 Å². The first-order valence-corrected chi connectivity index (χ1v) is 11.4. The van der Waals surface area contributed by atoms with Crippen LogP contribution in [0.4, 0.5) is 0 Å². The van der Waals surface area contributed by atoms with Gasteiger partial charge in [-0.1, -0.05) is 74.0 Å². The van der Waals surface area contributed by atoms with Gasteiger partial charge in [-0.15, -0.1) is 11.8 Å². The molecular formula is C20H22ClNO2RuS. The molecule has 26 heavy (non-hydrogen) atoms. The third kappa shape index (κ3) is 7.61. The third-order valence-electron chi connectivity index (χ3n) is 3.69. The Bertz CT molecular complexity index is 706. The predicted octanol–water partition coefficient (Wildman–Crippen LogP) is 4.10. The SMILES string of the molecule is Cc1ccc(C(C)C)cc1.O=C([O-])C1CSC(c2ccccc2)=N1.[Cl][Ru+]. The number of aliphatic imine (C=N–C) groups is 1. The van der Waals surface area contributed by atoms with Gasteiger partial charge in [0.1, 0.15) is 6.04 Å². The Morgan fingerprint density at radius 2 is 1.73 bits per heavy atom. The molecule has 140 valence electrons. The van der Waals surface area contributed by atoms with Crippen molar-refractivity contribution in [1.29, 1.82) is 0 Å². The van der Waals surface area contributed by atoms with Crippen molar-refractivity contribution >= 4 is 32.5 Å². The molecule has 1 heterocycles. The molecule has 3 nitrogen and oxygen atoms in total. The minimum atomic E-state index is -1.09. The molecule has 2 aromatic rings. The molecule has 2 aromatic carbocycles. The van der Waals surface area contributed by atoms with Crippen molar-refractivity contribution in [3.63, 3.8) is 0 Å². The normalized spacial score (nSPS) is 15.3. The molecule has 6 heteroatoms. The number of aliphatic carboxylic acids is 1. The number of thioether (sulfide) groups is 1. The first kappa shape index (κ1) is 22.9. The molecule has 0 spiro atoms. The average Bonchev–Trinajstić information content (AvgIpc) is 3.16. The van der Waals surface area contributed by atoms with E-state index in [1.54, 1.807) is 0 Å². The number of benzene rings is 2. The quantitative estimate of drug-likeness (QED) is 0.627. The summed E-state index contributed by atoms with van der Waals surface area (Å²) in [6, 6.07) is 17.6. The Morgan fingerprint density at radius 1 is 1.15 bits per heavy atom. The number of carboxylic acids is 1. The number of rotatable bonds is 3. The van der Waals surface area contributed by atoms with Crippen LogP contribution in [-0.4, -0.2) is 22.8 Å². The van der Waals surface area contributed by atoms with Crippen molar-refractivity contribution < 1.29 is 27.2 Å². The fourth-order valence-corrected chi connectivity index (χ4v) is 3.22. The van der Waals surface area contributed by atoms with Crippen LogP contribution in [0.25, 0.3) is 0 Å². The van der Waals surface area contributed by atoms with Gasteiger partial charge in [0.2, 0.25) is 0 Å². The molecule has 1 atom stereocenters. The number of halogens is 1. The second-order valence-electron chi connectivity index (χ2n) is 6.01. The van der Waals surface area contributed by atoms with E-state index in [1.807, 2.05) is 47.6 Å². The number of carbonyl (C=O) groups excluding carboxylic acids is 1. The molecule has 0 saturated heterocycles. The zero-order valence-corrected chi connectivity index (χ0v) is 18.3. The van der Waals surface area contributed by atoms with Crippen molar-refractivity contribution in [3.8, 4) is 0 Å². The molecule has 3 rings (SSSR count). The molecule has 0 N–H and O–H groups in total. The summed E-state index contributed by atoms with van der Waals surface area (Å²) < 4.78 is 0. The number of hydrogen-bond acceptors (Lipinski definition) is 4. The van der Waals surface area contributed by atoms with E-state index in [4.69, 9.17) is 0 Å². The van der Waals surface area contributed by atoms with E-state index in [1.165, 1.54) is 22.9 Å². The molecule has 0 fully saturated rings. The maximum atomic E-state index is 10.5. The zero-order valence-electron chi connectivity index (χ0n) is 15.0. The number of hydrogen-bond donors (Lipinski definition) is 0. The molecular weight excluding hydrogens is 455 g/mol. The standard InChI is InChI=1S/C10H9NO2S.C10H14.ClH.Ru/c12-10(13)8-6-14-9(11-8)7-4-2-1-3-5-7;1-8(2)10-6-4-9(3)5-7-10;;/h1-5,8H,6H2,(H,12,13);4-8H,1-3H3;1H;/q;;;+2/p-2. The fraction of sp³-hybridized carbons (Fsp3) is 0.300. The monoisotopic (exact) mass is 477 g/mol. The van der Waals surface area contributed by atoms with Gasteiger partial charge >= 0.3 is 27.0 Å². The van der Waals surface area contributed by atoms with Gasteiger partial charge in [-0.3, -0.25) is 4.99 Å². The van der Waals surface area contributed by atoms with Crippen LogP contribution in [0.3, 0.4) is 0 Å². The van der Waals surface area contributed by atoms with Gasteiger partial charge in [0.05, 0.1) is 11.0 Å².